The first-order valence-electron chi connectivity index (χ1n) is 8.73. The van der Waals surface area contributed by atoms with Crippen LogP contribution in [-0.2, 0) is 6.54 Å². The first kappa shape index (κ1) is 22.3. The number of ether oxygens (including phenoxy) is 1. The highest BCUT2D eigenvalue weighted by atomic mass is 127. The number of guanidine groups is 1. The van der Waals surface area contributed by atoms with E-state index >= 15 is 0 Å². The molecule has 0 saturated carbocycles. The molecule has 1 heterocycles. The van der Waals surface area contributed by atoms with Gasteiger partial charge in [0, 0.05) is 26.3 Å². The summed E-state index contributed by atoms with van der Waals surface area (Å²) in [6.07, 6.45) is 4.96. The number of hydrogen-bond donors (Lipinski definition) is 2. The third-order valence-corrected chi connectivity index (χ3v) is 3.73. The molecule has 0 aliphatic heterocycles. The summed E-state index contributed by atoms with van der Waals surface area (Å²) in [5.74, 6) is 1.68. The van der Waals surface area contributed by atoms with Crippen molar-refractivity contribution in [2.75, 3.05) is 20.1 Å². The number of nitrogens with one attached hydrogen (secondary N) is 2. The Labute approximate surface area is 173 Å². The quantitative estimate of drug-likeness (QED) is 0.269. The van der Waals surface area contributed by atoms with E-state index in [2.05, 4.69) is 39.9 Å². The molecule has 0 amide bonds. The lowest BCUT2D eigenvalue weighted by Gasteiger charge is -2.18. The smallest absolute Gasteiger partial charge is 0.191 e. The summed E-state index contributed by atoms with van der Waals surface area (Å²) in [6.45, 7) is 8.57. The third-order valence-electron chi connectivity index (χ3n) is 3.73. The van der Waals surface area contributed by atoms with Gasteiger partial charge in [-0.2, -0.15) is 5.10 Å². The summed E-state index contributed by atoms with van der Waals surface area (Å²) >= 11 is 0. The van der Waals surface area contributed by atoms with Crippen LogP contribution < -0.4 is 15.4 Å². The van der Waals surface area contributed by atoms with Crippen molar-refractivity contribution in [2.45, 2.75) is 39.8 Å². The second-order valence-corrected chi connectivity index (χ2v) is 6.26. The molecule has 0 saturated heterocycles. The van der Waals surface area contributed by atoms with Crippen LogP contribution in [0.3, 0.4) is 0 Å². The van der Waals surface area contributed by atoms with Crippen LogP contribution in [0.15, 0.2) is 41.7 Å². The van der Waals surface area contributed by atoms with Crippen LogP contribution in [0.5, 0.6) is 5.75 Å². The fourth-order valence-electron chi connectivity index (χ4n) is 2.46. The Morgan fingerprint density at radius 1 is 1.27 bits per heavy atom. The van der Waals surface area contributed by atoms with Crippen LogP contribution in [0.1, 0.15) is 24.5 Å². The Balaban J connectivity index is 0.00000338. The molecule has 1 atom stereocenters. The number of nitrogens with zero attached hydrogens (tertiary/aromatic N) is 3. The minimum Gasteiger partial charge on any atom is -0.489 e. The zero-order valence-corrected chi connectivity index (χ0v) is 18.4. The third kappa shape index (κ3) is 8.07. The van der Waals surface area contributed by atoms with E-state index in [-0.39, 0.29) is 30.1 Å². The molecule has 0 radical (unpaired) electrons. The van der Waals surface area contributed by atoms with Gasteiger partial charge in [-0.05, 0) is 50.5 Å². The second-order valence-electron chi connectivity index (χ2n) is 6.26. The van der Waals surface area contributed by atoms with E-state index in [9.17, 15) is 0 Å². The molecule has 26 heavy (non-hydrogen) atoms. The molecule has 2 N–H and O–H groups in total. The molecule has 2 aromatic rings. The van der Waals surface area contributed by atoms with Crippen LogP contribution in [0.25, 0.3) is 0 Å². The minimum atomic E-state index is 0. The van der Waals surface area contributed by atoms with Gasteiger partial charge in [0.25, 0.3) is 0 Å². The lowest BCUT2D eigenvalue weighted by Crippen LogP contribution is -2.42. The van der Waals surface area contributed by atoms with Crippen LogP contribution in [0.2, 0.25) is 0 Å². The maximum absolute atomic E-state index is 5.92. The van der Waals surface area contributed by atoms with Gasteiger partial charge in [-0.1, -0.05) is 12.1 Å². The fourth-order valence-corrected chi connectivity index (χ4v) is 2.46. The predicted molar refractivity (Wildman–Crippen MR) is 118 cm³/mol. The maximum atomic E-state index is 5.92. The van der Waals surface area contributed by atoms with E-state index in [1.165, 1.54) is 11.1 Å². The van der Waals surface area contributed by atoms with Crippen LogP contribution in [0, 0.1) is 13.8 Å². The van der Waals surface area contributed by atoms with Crippen molar-refractivity contribution in [3.05, 3.63) is 47.8 Å². The number of aliphatic imine (C=N–C) groups is 1. The average molecular weight is 471 g/mol. The Bertz CT molecular complexity index is 686. The van der Waals surface area contributed by atoms with Gasteiger partial charge in [-0.25, -0.2) is 0 Å². The summed E-state index contributed by atoms with van der Waals surface area (Å²) in [5.41, 5.74) is 2.38. The zero-order chi connectivity index (χ0) is 18.1. The largest absolute Gasteiger partial charge is 0.489 e. The standard InChI is InChI=1S/C19H29N5O.HI/c1-15-7-5-8-18(11-15)25-17(3)13-22-19(20-4)21-9-6-10-24-14-16(2)12-23-24;/h5,7-8,11-12,14,17H,6,9-10,13H2,1-4H3,(H2,20,21,22);1H. The lowest BCUT2D eigenvalue weighted by molar-refractivity contribution is 0.223. The molecule has 144 valence electrons. The van der Waals surface area contributed by atoms with Gasteiger partial charge in [0.15, 0.2) is 5.96 Å². The molecular formula is C19H30IN5O. The van der Waals surface area contributed by atoms with Gasteiger partial charge in [-0.3, -0.25) is 9.67 Å². The summed E-state index contributed by atoms with van der Waals surface area (Å²) in [6, 6.07) is 8.09. The molecule has 2 rings (SSSR count). The summed E-state index contributed by atoms with van der Waals surface area (Å²) in [5, 5.41) is 10.9. The van der Waals surface area contributed by atoms with Crippen molar-refractivity contribution < 1.29 is 4.74 Å². The fraction of sp³-hybridized carbons (Fsp3) is 0.474. The van der Waals surface area contributed by atoms with Crippen molar-refractivity contribution in [1.29, 1.82) is 0 Å². The van der Waals surface area contributed by atoms with E-state index in [0.29, 0.717) is 6.54 Å². The highest BCUT2D eigenvalue weighted by Gasteiger charge is 2.06. The van der Waals surface area contributed by atoms with Gasteiger partial charge in [-0.15, -0.1) is 24.0 Å². The summed E-state index contributed by atoms with van der Waals surface area (Å²) in [4.78, 5) is 4.25. The Kier molecular flexibility index (Phi) is 10.1. The number of benzene rings is 1. The van der Waals surface area contributed by atoms with E-state index in [0.717, 1.165) is 31.2 Å². The predicted octanol–water partition coefficient (Wildman–Crippen LogP) is 3.14. The number of rotatable bonds is 8. The van der Waals surface area contributed by atoms with Crippen LogP contribution in [-0.4, -0.2) is 42.0 Å². The highest BCUT2D eigenvalue weighted by molar-refractivity contribution is 14.0. The number of aromatic nitrogens is 2. The minimum absolute atomic E-state index is 0. The van der Waals surface area contributed by atoms with Crippen molar-refractivity contribution in [1.82, 2.24) is 20.4 Å². The van der Waals surface area contributed by atoms with Gasteiger partial charge in [0.2, 0.25) is 0 Å². The number of halogens is 1. The summed E-state index contributed by atoms with van der Waals surface area (Å²) < 4.78 is 7.88. The van der Waals surface area contributed by atoms with Gasteiger partial charge >= 0.3 is 0 Å². The topological polar surface area (TPSA) is 63.5 Å². The monoisotopic (exact) mass is 471 g/mol. The number of aryl methyl sites for hydroxylation is 3. The summed E-state index contributed by atoms with van der Waals surface area (Å²) in [7, 11) is 1.78. The molecule has 7 heteroatoms. The normalized spacial score (nSPS) is 12.2. The Morgan fingerprint density at radius 2 is 2.08 bits per heavy atom. The molecule has 1 unspecified atom stereocenters. The molecular weight excluding hydrogens is 441 g/mol. The molecule has 0 bridgehead atoms. The number of hydrogen-bond acceptors (Lipinski definition) is 3. The van der Waals surface area contributed by atoms with Gasteiger partial charge < -0.3 is 15.4 Å². The highest BCUT2D eigenvalue weighted by Crippen LogP contribution is 2.13. The van der Waals surface area contributed by atoms with E-state index in [1.807, 2.05) is 42.9 Å². The van der Waals surface area contributed by atoms with Crippen LogP contribution in [0.4, 0.5) is 0 Å². The molecule has 0 fully saturated rings. The first-order valence-corrected chi connectivity index (χ1v) is 8.73. The first-order chi connectivity index (χ1) is 12.1. The molecule has 6 nitrogen and oxygen atoms in total. The molecule has 0 aliphatic carbocycles. The van der Waals surface area contributed by atoms with E-state index in [1.54, 1.807) is 7.05 Å². The molecule has 0 aliphatic rings. The second kappa shape index (κ2) is 11.8. The van der Waals surface area contributed by atoms with E-state index < -0.39 is 0 Å². The molecule has 1 aromatic carbocycles. The van der Waals surface area contributed by atoms with Gasteiger partial charge in [0.05, 0.1) is 12.7 Å². The van der Waals surface area contributed by atoms with Crippen molar-refractivity contribution in [3.63, 3.8) is 0 Å². The Hall–Kier alpha value is -1.77. The maximum Gasteiger partial charge on any atom is 0.191 e. The SMILES string of the molecule is CN=C(NCCCn1cc(C)cn1)NCC(C)Oc1cccc(C)c1.I. The lowest BCUT2D eigenvalue weighted by atomic mass is 10.2. The van der Waals surface area contributed by atoms with Crippen LogP contribution >= 0.6 is 24.0 Å². The average Bonchev–Trinajstić information content (AvgIpc) is 2.99. The van der Waals surface area contributed by atoms with E-state index in [4.69, 9.17) is 4.74 Å². The van der Waals surface area contributed by atoms with Gasteiger partial charge in [0.1, 0.15) is 11.9 Å². The zero-order valence-electron chi connectivity index (χ0n) is 16.0. The van der Waals surface area contributed by atoms with Crippen molar-refractivity contribution in [2.24, 2.45) is 4.99 Å². The molecule has 0 spiro atoms. The molecule has 1 aromatic heterocycles. The Morgan fingerprint density at radius 3 is 2.73 bits per heavy atom. The van der Waals surface area contributed by atoms with Crippen molar-refractivity contribution >= 4 is 29.9 Å². The van der Waals surface area contributed by atoms with Crippen molar-refractivity contribution in [3.8, 4) is 5.75 Å².